The molecule has 63 heavy (non-hydrogen) atoms. The monoisotopic (exact) mass is 820 g/mol. The Labute approximate surface area is 370 Å². The van der Waals surface area contributed by atoms with Crippen molar-refractivity contribution >= 4 is 50.1 Å². The second-order valence-electron chi connectivity index (χ2n) is 18.8. The van der Waals surface area contributed by atoms with Crippen molar-refractivity contribution in [3.8, 4) is 60.9 Å². The summed E-state index contributed by atoms with van der Waals surface area (Å²) in [6.07, 6.45) is 0. The molecule has 0 nitrogen and oxygen atoms in total. The van der Waals surface area contributed by atoms with Crippen LogP contribution < -0.4 is 0 Å². The van der Waals surface area contributed by atoms with E-state index in [0.717, 1.165) is 0 Å². The third-order valence-corrected chi connectivity index (χ3v) is 17.3. The maximum Gasteiger partial charge on any atom is 0.0159 e. The number of rotatable bonds is 4. The Morgan fingerprint density at radius 2 is 0.714 bits per heavy atom. The molecule has 10 aromatic carbocycles. The van der Waals surface area contributed by atoms with Gasteiger partial charge in [0.25, 0.3) is 0 Å². The molecule has 0 bridgehead atoms. The van der Waals surface area contributed by atoms with E-state index in [4.69, 9.17) is 0 Å². The topological polar surface area (TPSA) is 0 Å². The highest BCUT2D eigenvalue weighted by Gasteiger charge is 2.37. The van der Waals surface area contributed by atoms with E-state index in [-0.39, 0.29) is 10.8 Å². The molecule has 1 heteroatoms. The molecule has 0 radical (unpaired) electrons. The SMILES string of the molecule is CC1(C)c2ccccc2-c2ccc(-c3ccc4c(-c5ccc6c(c5)c5ccccc5p6-c5ccccc5)c5ccccc5c(-c5ccc6c(c5)C(C)(C)c5ccccc5-6)c4c3)cc21. The Bertz CT molecular complexity index is 3730. The summed E-state index contributed by atoms with van der Waals surface area (Å²) in [7, 11) is -0.640. The summed E-state index contributed by atoms with van der Waals surface area (Å²) in [4.78, 5) is 0. The predicted molar refractivity (Wildman–Crippen MR) is 272 cm³/mol. The molecule has 1 aromatic heterocycles. The standard InChI is InChI=1S/C62H45P/c1-61(2)53-23-13-10-18-43(53)45-30-26-39(36-55(45)61)38-27-32-50-52(34-38)60(41-28-31-46-44-19-11-14-24-54(44)62(3,4)56(46)37-41)49-22-9-8-21-48(49)59(50)40-29-33-58-51(35-40)47-20-12-15-25-57(47)63(58)42-16-6-5-7-17-42/h5-37H,1-4H3. The van der Waals surface area contributed by atoms with Crippen LogP contribution in [-0.2, 0) is 10.8 Å². The van der Waals surface area contributed by atoms with Crippen molar-refractivity contribution in [2.24, 2.45) is 0 Å². The third-order valence-electron chi connectivity index (χ3n) is 14.8. The van der Waals surface area contributed by atoms with Gasteiger partial charge in [-0.25, -0.2) is 0 Å². The van der Waals surface area contributed by atoms with Gasteiger partial charge in [-0.1, -0.05) is 205 Å². The van der Waals surface area contributed by atoms with Crippen LogP contribution in [0.5, 0.6) is 0 Å². The molecule has 0 fully saturated rings. The highest BCUT2D eigenvalue weighted by atomic mass is 31.1. The molecule has 298 valence electrons. The molecule has 2 aliphatic rings. The fourth-order valence-corrected chi connectivity index (χ4v) is 14.3. The van der Waals surface area contributed by atoms with Crippen LogP contribution in [0.2, 0.25) is 0 Å². The van der Waals surface area contributed by atoms with E-state index >= 15 is 0 Å². The van der Waals surface area contributed by atoms with Gasteiger partial charge < -0.3 is 0 Å². The molecule has 0 N–H and O–H groups in total. The van der Waals surface area contributed by atoms with E-state index < -0.39 is 7.53 Å². The summed E-state index contributed by atoms with van der Waals surface area (Å²) < 4.78 is 0. The first-order valence-corrected chi connectivity index (χ1v) is 23.7. The lowest BCUT2D eigenvalue weighted by molar-refractivity contribution is 0.660. The number of hydrogen-bond acceptors (Lipinski definition) is 0. The summed E-state index contributed by atoms with van der Waals surface area (Å²) in [5.74, 6) is 0. The maximum atomic E-state index is 2.51. The van der Waals surface area contributed by atoms with Gasteiger partial charge >= 0.3 is 0 Å². The molecular weight excluding hydrogens is 776 g/mol. The molecule has 1 atom stereocenters. The average molecular weight is 821 g/mol. The van der Waals surface area contributed by atoms with E-state index in [2.05, 4.69) is 228 Å². The van der Waals surface area contributed by atoms with Gasteiger partial charge in [-0.2, -0.15) is 0 Å². The van der Waals surface area contributed by atoms with Gasteiger partial charge in [-0.15, -0.1) is 0 Å². The number of benzene rings is 10. The van der Waals surface area contributed by atoms with Crippen LogP contribution in [0.25, 0.3) is 103 Å². The lowest BCUT2D eigenvalue weighted by atomic mass is 9.80. The Balaban J connectivity index is 1.09. The smallest absolute Gasteiger partial charge is 0.0159 e. The molecule has 0 amide bonds. The van der Waals surface area contributed by atoms with Crippen molar-refractivity contribution in [3.05, 3.63) is 222 Å². The van der Waals surface area contributed by atoms with Gasteiger partial charge in [0.1, 0.15) is 0 Å². The minimum absolute atomic E-state index is 0.0743. The summed E-state index contributed by atoms with van der Waals surface area (Å²) in [5, 5.41) is 12.1. The fourth-order valence-electron chi connectivity index (χ4n) is 11.7. The van der Waals surface area contributed by atoms with E-state index in [1.54, 1.807) is 0 Å². The van der Waals surface area contributed by atoms with Crippen molar-refractivity contribution in [2.75, 3.05) is 0 Å². The first kappa shape index (κ1) is 36.7. The van der Waals surface area contributed by atoms with Crippen molar-refractivity contribution < 1.29 is 0 Å². The largest absolute Gasteiger partial charge is 0.0772 e. The predicted octanol–water partition coefficient (Wildman–Crippen LogP) is 17.9. The van der Waals surface area contributed by atoms with Crippen LogP contribution in [0.15, 0.2) is 200 Å². The van der Waals surface area contributed by atoms with E-state index in [0.29, 0.717) is 0 Å². The molecule has 0 saturated heterocycles. The van der Waals surface area contributed by atoms with Crippen LogP contribution in [0.4, 0.5) is 0 Å². The van der Waals surface area contributed by atoms with Crippen LogP contribution in [-0.4, -0.2) is 0 Å². The second-order valence-corrected chi connectivity index (χ2v) is 21.0. The molecule has 11 aromatic rings. The molecule has 13 rings (SSSR count). The van der Waals surface area contributed by atoms with Gasteiger partial charge in [-0.3, -0.25) is 0 Å². The maximum absolute atomic E-state index is 2.51. The summed E-state index contributed by atoms with van der Waals surface area (Å²) >= 11 is 0. The number of fused-ring (bicyclic) bond motifs is 11. The molecule has 2 aliphatic carbocycles. The fraction of sp³-hybridized carbons (Fsp3) is 0.0968. The summed E-state index contributed by atoms with van der Waals surface area (Å²) in [6.45, 7) is 9.54. The Kier molecular flexibility index (Phi) is 7.72. The van der Waals surface area contributed by atoms with Crippen LogP contribution in [0, 0.1) is 0 Å². The van der Waals surface area contributed by atoms with E-state index in [1.165, 1.54) is 126 Å². The summed E-state index contributed by atoms with van der Waals surface area (Å²) in [5.41, 5.74) is 18.5. The first-order chi connectivity index (χ1) is 30.8. The highest BCUT2D eigenvalue weighted by Crippen LogP contribution is 2.57. The molecule has 0 aliphatic heterocycles. The van der Waals surface area contributed by atoms with Gasteiger partial charge in [0, 0.05) is 21.1 Å². The van der Waals surface area contributed by atoms with Gasteiger partial charge in [0.05, 0.1) is 0 Å². The first-order valence-electron chi connectivity index (χ1n) is 22.3. The minimum Gasteiger partial charge on any atom is -0.0772 e. The highest BCUT2D eigenvalue weighted by molar-refractivity contribution is 7.67. The van der Waals surface area contributed by atoms with Crippen molar-refractivity contribution in [1.82, 2.24) is 0 Å². The lowest BCUT2D eigenvalue weighted by Crippen LogP contribution is -2.14. The van der Waals surface area contributed by atoms with E-state index in [1.807, 2.05) is 0 Å². The van der Waals surface area contributed by atoms with Crippen LogP contribution in [0.3, 0.4) is 0 Å². The van der Waals surface area contributed by atoms with Gasteiger partial charge in [0.15, 0.2) is 0 Å². The van der Waals surface area contributed by atoms with Crippen LogP contribution in [0.1, 0.15) is 49.9 Å². The normalized spacial score (nSPS) is 14.6. The second kappa shape index (κ2) is 13.3. The van der Waals surface area contributed by atoms with Gasteiger partial charge in [0.2, 0.25) is 0 Å². The Morgan fingerprint density at radius 3 is 1.40 bits per heavy atom. The summed E-state index contributed by atoms with van der Waals surface area (Å²) in [6, 6.07) is 76.4. The Morgan fingerprint density at radius 1 is 0.286 bits per heavy atom. The zero-order valence-electron chi connectivity index (χ0n) is 36.0. The molecule has 1 heterocycles. The van der Waals surface area contributed by atoms with Crippen LogP contribution >= 0.6 is 7.53 Å². The van der Waals surface area contributed by atoms with Crippen molar-refractivity contribution in [2.45, 2.75) is 38.5 Å². The van der Waals surface area contributed by atoms with Crippen molar-refractivity contribution in [1.29, 1.82) is 0 Å². The minimum atomic E-state index is -0.640. The zero-order chi connectivity index (χ0) is 42.2. The average Bonchev–Trinajstić information content (AvgIpc) is 3.87. The third kappa shape index (κ3) is 5.17. The molecular formula is C62H45P. The quantitative estimate of drug-likeness (QED) is 0.155. The van der Waals surface area contributed by atoms with Crippen molar-refractivity contribution in [3.63, 3.8) is 0 Å². The zero-order valence-corrected chi connectivity index (χ0v) is 36.9. The lowest BCUT2D eigenvalue weighted by Gasteiger charge is -2.23. The molecule has 1 unspecified atom stereocenters. The Hall–Kier alpha value is -6.98. The van der Waals surface area contributed by atoms with E-state index in [9.17, 15) is 0 Å². The van der Waals surface area contributed by atoms with Gasteiger partial charge in [-0.05, 0) is 146 Å². The molecule has 0 saturated carbocycles. The molecule has 0 spiro atoms. The number of hydrogen-bond donors (Lipinski definition) is 0.